The third-order valence-electron chi connectivity index (χ3n) is 1.99. The van der Waals surface area contributed by atoms with E-state index in [0.717, 1.165) is 11.0 Å². The highest BCUT2D eigenvalue weighted by Crippen LogP contribution is 2.14. The van der Waals surface area contributed by atoms with Crippen LogP contribution in [0, 0.1) is 0 Å². The molecule has 72 valence electrons. The minimum Gasteiger partial charge on any atom is -0.369 e. The van der Waals surface area contributed by atoms with Gasteiger partial charge in [-0.25, -0.2) is 4.98 Å². The average molecular weight is 190 g/mol. The van der Waals surface area contributed by atoms with Crippen LogP contribution >= 0.6 is 0 Å². The summed E-state index contributed by atoms with van der Waals surface area (Å²) in [5, 5.41) is 2.55. The molecule has 0 aliphatic carbocycles. The number of aromatic nitrogens is 2. The number of hydrogen-bond acceptors (Lipinski definition) is 3. The Balaban J connectivity index is 2.55. The van der Waals surface area contributed by atoms with Gasteiger partial charge in [0.25, 0.3) is 5.91 Å². The third-order valence-corrected chi connectivity index (χ3v) is 1.99. The van der Waals surface area contributed by atoms with Gasteiger partial charge >= 0.3 is 0 Å². The van der Waals surface area contributed by atoms with Gasteiger partial charge in [-0.1, -0.05) is 0 Å². The Bertz CT molecular complexity index is 489. The van der Waals surface area contributed by atoms with Crippen LogP contribution in [0.1, 0.15) is 10.4 Å². The molecule has 5 nitrogen and oxygen atoms in total. The molecule has 0 saturated carbocycles. The van der Waals surface area contributed by atoms with Crippen molar-refractivity contribution in [2.24, 2.45) is 0 Å². The molecule has 1 amide bonds. The molecule has 0 unspecified atom stereocenters. The summed E-state index contributed by atoms with van der Waals surface area (Å²) in [5.74, 6) is 0.231. The molecule has 0 spiro atoms. The molecular formula is C9H10N4O. The second-order valence-corrected chi connectivity index (χ2v) is 2.93. The lowest BCUT2D eigenvalue weighted by atomic mass is 10.2. The fourth-order valence-corrected chi connectivity index (χ4v) is 1.31. The topological polar surface area (TPSA) is 83.8 Å². The Morgan fingerprint density at radius 2 is 2.36 bits per heavy atom. The number of carbonyl (C=O) groups is 1. The van der Waals surface area contributed by atoms with E-state index in [1.165, 1.54) is 0 Å². The first kappa shape index (κ1) is 8.55. The molecule has 0 atom stereocenters. The lowest BCUT2D eigenvalue weighted by molar-refractivity contribution is 0.0963. The number of imidazole rings is 1. The summed E-state index contributed by atoms with van der Waals surface area (Å²) in [5.41, 5.74) is 7.60. The number of H-pyrrole nitrogens is 1. The molecule has 0 radical (unpaired) electrons. The lowest BCUT2D eigenvalue weighted by Gasteiger charge is -1.98. The summed E-state index contributed by atoms with van der Waals surface area (Å²) < 4.78 is 0. The molecule has 4 N–H and O–H groups in total. The van der Waals surface area contributed by atoms with Crippen molar-refractivity contribution in [2.75, 3.05) is 12.8 Å². The Hall–Kier alpha value is -2.04. The minimum atomic E-state index is -0.125. The highest BCUT2D eigenvalue weighted by atomic mass is 16.1. The van der Waals surface area contributed by atoms with Crippen molar-refractivity contribution >= 4 is 22.9 Å². The minimum absolute atomic E-state index is 0.125. The van der Waals surface area contributed by atoms with Crippen LogP contribution in [-0.4, -0.2) is 22.9 Å². The molecule has 1 aromatic heterocycles. The summed E-state index contributed by atoms with van der Waals surface area (Å²) in [6.07, 6.45) is 0. The zero-order chi connectivity index (χ0) is 10.1. The Labute approximate surface area is 80.3 Å². The van der Waals surface area contributed by atoms with E-state index in [0.29, 0.717) is 11.5 Å². The van der Waals surface area contributed by atoms with E-state index in [1.54, 1.807) is 25.2 Å². The average Bonchev–Trinajstić information content (AvgIpc) is 2.55. The fourth-order valence-electron chi connectivity index (χ4n) is 1.31. The molecule has 1 heterocycles. The number of fused-ring (bicyclic) bond motifs is 1. The number of amides is 1. The van der Waals surface area contributed by atoms with Gasteiger partial charge in [0.15, 0.2) is 5.95 Å². The van der Waals surface area contributed by atoms with Crippen LogP contribution in [0.25, 0.3) is 11.0 Å². The van der Waals surface area contributed by atoms with E-state index in [9.17, 15) is 4.79 Å². The summed E-state index contributed by atoms with van der Waals surface area (Å²) in [6, 6.07) is 5.19. The quantitative estimate of drug-likeness (QED) is 0.612. The number of benzene rings is 1. The predicted molar refractivity (Wildman–Crippen MR) is 53.9 cm³/mol. The lowest BCUT2D eigenvalue weighted by Crippen LogP contribution is -2.17. The van der Waals surface area contributed by atoms with Crippen molar-refractivity contribution in [3.8, 4) is 0 Å². The van der Waals surface area contributed by atoms with Gasteiger partial charge in [0.1, 0.15) is 0 Å². The number of aromatic amines is 1. The van der Waals surface area contributed by atoms with Crippen LogP contribution in [0.15, 0.2) is 18.2 Å². The normalized spacial score (nSPS) is 10.4. The molecule has 0 aliphatic rings. The summed E-state index contributed by atoms with van der Waals surface area (Å²) in [6.45, 7) is 0. The monoisotopic (exact) mass is 190 g/mol. The zero-order valence-electron chi connectivity index (χ0n) is 7.66. The largest absolute Gasteiger partial charge is 0.369 e. The van der Waals surface area contributed by atoms with Gasteiger partial charge in [0, 0.05) is 12.6 Å². The maximum Gasteiger partial charge on any atom is 0.251 e. The molecule has 0 bridgehead atoms. The van der Waals surface area contributed by atoms with Gasteiger partial charge in [-0.2, -0.15) is 0 Å². The van der Waals surface area contributed by atoms with Crippen molar-refractivity contribution in [1.82, 2.24) is 15.3 Å². The first-order chi connectivity index (χ1) is 6.70. The number of hydrogen-bond donors (Lipinski definition) is 3. The van der Waals surface area contributed by atoms with Crippen LogP contribution in [0.2, 0.25) is 0 Å². The fraction of sp³-hybridized carbons (Fsp3) is 0.111. The van der Waals surface area contributed by atoms with E-state index in [-0.39, 0.29) is 5.91 Å². The van der Waals surface area contributed by atoms with E-state index in [1.807, 2.05) is 0 Å². The first-order valence-electron chi connectivity index (χ1n) is 4.18. The van der Waals surface area contributed by atoms with Crippen molar-refractivity contribution < 1.29 is 4.79 Å². The van der Waals surface area contributed by atoms with E-state index >= 15 is 0 Å². The Morgan fingerprint density at radius 3 is 3.07 bits per heavy atom. The number of nitrogens with two attached hydrogens (primary N) is 1. The molecule has 2 rings (SSSR count). The van der Waals surface area contributed by atoms with Gasteiger partial charge in [0.05, 0.1) is 11.0 Å². The van der Waals surface area contributed by atoms with Gasteiger partial charge in [-0.05, 0) is 18.2 Å². The van der Waals surface area contributed by atoms with Crippen LogP contribution < -0.4 is 11.1 Å². The Morgan fingerprint density at radius 1 is 1.57 bits per heavy atom. The van der Waals surface area contributed by atoms with E-state index in [4.69, 9.17) is 5.73 Å². The van der Waals surface area contributed by atoms with Gasteiger partial charge in [-0.15, -0.1) is 0 Å². The number of rotatable bonds is 1. The van der Waals surface area contributed by atoms with Crippen LogP contribution in [0.5, 0.6) is 0 Å². The molecule has 0 saturated heterocycles. The van der Waals surface area contributed by atoms with E-state index < -0.39 is 0 Å². The number of anilines is 1. The van der Waals surface area contributed by atoms with Crippen LogP contribution in [-0.2, 0) is 0 Å². The van der Waals surface area contributed by atoms with Crippen molar-refractivity contribution in [3.05, 3.63) is 23.8 Å². The second kappa shape index (κ2) is 3.02. The summed E-state index contributed by atoms with van der Waals surface area (Å²) in [7, 11) is 1.59. The number of carbonyl (C=O) groups excluding carboxylic acids is 1. The SMILES string of the molecule is CNC(=O)c1ccc2nc(N)[nH]c2c1. The maximum absolute atomic E-state index is 11.3. The van der Waals surface area contributed by atoms with Crippen LogP contribution in [0.4, 0.5) is 5.95 Å². The molecule has 0 fully saturated rings. The van der Waals surface area contributed by atoms with Crippen molar-refractivity contribution in [2.45, 2.75) is 0 Å². The van der Waals surface area contributed by atoms with E-state index in [2.05, 4.69) is 15.3 Å². The zero-order valence-corrected chi connectivity index (χ0v) is 7.66. The highest BCUT2D eigenvalue weighted by Gasteiger charge is 2.05. The molecule has 0 aliphatic heterocycles. The van der Waals surface area contributed by atoms with Crippen LogP contribution in [0.3, 0.4) is 0 Å². The van der Waals surface area contributed by atoms with Gasteiger partial charge in [-0.3, -0.25) is 4.79 Å². The predicted octanol–water partition coefficient (Wildman–Crippen LogP) is 0.505. The van der Waals surface area contributed by atoms with Gasteiger partial charge < -0.3 is 16.0 Å². The molecule has 2 aromatic rings. The van der Waals surface area contributed by atoms with Gasteiger partial charge in [0.2, 0.25) is 0 Å². The molecule has 14 heavy (non-hydrogen) atoms. The first-order valence-corrected chi connectivity index (χ1v) is 4.18. The number of nitrogens with zero attached hydrogens (tertiary/aromatic N) is 1. The third kappa shape index (κ3) is 1.28. The second-order valence-electron chi connectivity index (χ2n) is 2.93. The maximum atomic E-state index is 11.3. The van der Waals surface area contributed by atoms with Crippen molar-refractivity contribution in [1.29, 1.82) is 0 Å². The highest BCUT2D eigenvalue weighted by molar-refractivity contribution is 5.97. The molecule has 1 aromatic carbocycles. The number of nitrogens with one attached hydrogen (secondary N) is 2. The number of nitrogen functional groups attached to an aromatic ring is 1. The smallest absolute Gasteiger partial charge is 0.251 e. The molecule has 5 heteroatoms. The molecular weight excluding hydrogens is 180 g/mol. The van der Waals surface area contributed by atoms with Crippen molar-refractivity contribution in [3.63, 3.8) is 0 Å². The summed E-state index contributed by atoms with van der Waals surface area (Å²) in [4.78, 5) is 18.2. The Kier molecular flexibility index (Phi) is 1.85. The standard InChI is InChI=1S/C9H10N4O/c1-11-8(14)5-2-3-6-7(4-5)13-9(10)12-6/h2-4H,1H3,(H,11,14)(H3,10,12,13). The summed E-state index contributed by atoms with van der Waals surface area (Å²) >= 11 is 0.